The van der Waals surface area contributed by atoms with Crippen LogP contribution in [0.25, 0.3) is 16.2 Å². The van der Waals surface area contributed by atoms with E-state index in [2.05, 4.69) is 79.9 Å². The molecule has 6 rings (SSSR count). The van der Waals surface area contributed by atoms with Crippen molar-refractivity contribution >= 4 is 73.4 Å². The molecule has 6 nitrogen and oxygen atoms in total. The van der Waals surface area contributed by atoms with E-state index in [0.717, 1.165) is 47.6 Å². The van der Waals surface area contributed by atoms with Crippen LogP contribution in [0.5, 0.6) is 0 Å². The van der Waals surface area contributed by atoms with Crippen molar-refractivity contribution in [2.75, 3.05) is 30.8 Å². The quantitative estimate of drug-likeness (QED) is 0.218. The highest BCUT2D eigenvalue weighted by Crippen LogP contribution is 2.31. The van der Waals surface area contributed by atoms with E-state index in [9.17, 15) is 4.79 Å². The van der Waals surface area contributed by atoms with Crippen LogP contribution in [0.3, 0.4) is 0 Å². The number of thiophene rings is 1. The van der Waals surface area contributed by atoms with E-state index in [-0.39, 0.29) is 18.3 Å². The van der Waals surface area contributed by atoms with Crippen LogP contribution in [0.2, 0.25) is 0 Å². The Morgan fingerprint density at radius 3 is 2.37 bits per heavy atom. The molecule has 4 aromatic rings. The average Bonchev–Trinajstić information content (AvgIpc) is 3.16. The highest BCUT2D eigenvalue weighted by Gasteiger charge is 2.13. The molecule has 5 heterocycles. The Morgan fingerprint density at radius 1 is 1.00 bits per heavy atom. The number of pyridine rings is 2. The summed E-state index contributed by atoms with van der Waals surface area (Å²) in [7, 11) is 1.86. The van der Waals surface area contributed by atoms with Gasteiger partial charge >= 0.3 is 0 Å². The monoisotopic (exact) mass is 653 g/mol. The molecule has 1 amide bonds. The van der Waals surface area contributed by atoms with Gasteiger partial charge < -0.3 is 15.5 Å². The number of nitrogens with zero attached hydrogens (tertiary/aromatic N) is 3. The second-order valence-electron chi connectivity index (χ2n) is 10.4. The molecule has 0 radical (unpaired) electrons. The number of carbonyl (C=O) groups is 1. The van der Waals surface area contributed by atoms with Gasteiger partial charge in [0.05, 0.1) is 6.54 Å². The molecule has 3 aromatic heterocycles. The van der Waals surface area contributed by atoms with Gasteiger partial charge in [0.15, 0.2) is 0 Å². The molecular weight excluding hydrogens is 618 g/mol. The van der Waals surface area contributed by atoms with Gasteiger partial charge in [0.1, 0.15) is 11.6 Å². The second-order valence-corrected chi connectivity index (χ2v) is 12.4. The van der Waals surface area contributed by atoms with Gasteiger partial charge in [-0.2, -0.15) is 0 Å². The number of nitrogens with one attached hydrogen (secondary N) is 2. The van der Waals surface area contributed by atoms with Crippen LogP contribution < -0.4 is 10.6 Å². The van der Waals surface area contributed by atoms with Gasteiger partial charge in [0, 0.05) is 52.7 Å². The first-order chi connectivity index (χ1) is 19.5. The smallest absolute Gasteiger partial charge is 0.246 e. The molecule has 0 fully saturated rings. The van der Waals surface area contributed by atoms with Gasteiger partial charge in [0.2, 0.25) is 5.91 Å². The highest BCUT2D eigenvalue weighted by molar-refractivity contribution is 9.10. The number of aryl methyl sites for hydroxylation is 3. The molecular formula is C32H37BrClN5OS. The summed E-state index contributed by atoms with van der Waals surface area (Å²) in [5, 5.41) is 7.97. The van der Waals surface area contributed by atoms with Gasteiger partial charge in [0.25, 0.3) is 0 Å². The number of anilines is 2. The number of hydrogen-bond donors (Lipinski definition) is 2. The fourth-order valence-corrected chi connectivity index (χ4v) is 6.70. The van der Waals surface area contributed by atoms with E-state index >= 15 is 0 Å². The molecule has 2 aliphatic heterocycles. The third kappa shape index (κ3) is 8.09. The molecule has 41 heavy (non-hydrogen) atoms. The van der Waals surface area contributed by atoms with Crippen molar-refractivity contribution in [3.63, 3.8) is 0 Å². The Morgan fingerprint density at radius 2 is 1.66 bits per heavy atom. The largest absolute Gasteiger partial charge is 0.370 e. The Hall–Kier alpha value is -2.94. The Balaban J connectivity index is 0.000000249. The summed E-state index contributed by atoms with van der Waals surface area (Å²) >= 11 is 5.19. The van der Waals surface area contributed by atoms with Crippen molar-refractivity contribution < 1.29 is 4.79 Å². The van der Waals surface area contributed by atoms with Gasteiger partial charge in [-0.1, -0.05) is 18.2 Å². The summed E-state index contributed by atoms with van der Waals surface area (Å²) in [6, 6.07) is 12.7. The molecule has 216 valence electrons. The van der Waals surface area contributed by atoms with Gasteiger partial charge in [-0.3, -0.25) is 4.79 Å². The van der Waals surface area contributed by atoms with E-state index in [0.29, 0.717) is 6.54 Å². The normalized spacial score (nSPS) is 14.2. The molecule has 1 aromatic carbocycles. The fraction of sp³-hybridized carbons (Fsp3) is 0.344. The summed E-state index contributed by atoms with van der Waals surface area (Å²) in [6.07, 6.45) is 14.2. The predicted molar refractivity (Wildman–Crippen MR) is 178 cm³/mol. The average molecular weight is 655 g/mol. The van der Waals surface area contributed by atoms with Crippen LogP contribution in [0, 0.1) is 6.92 Å². The van der Waals surface area contributed by atoms with Crippen molar-refractivity contribution in [2.24, 2.45) is 0 Å². The summed E-state index contributed by atoms with van der Waals surface area (Å²) in [5.74, 6) is 2.05. The maximum absolute atomic E-state index is 12.6. The number of carbonyl (C=O) groups excluding carboxylic acids is 1. The Labute approximate surface area is 261 Å². The van der Waals surface area contributed by atoms with Crippen LogP contribution >= 0.6 is 39.7 Å². The van der Waals surface area contributed by atoms with Gasteiger partial charge in [-0.15, -0.1) is 23.7 Å². The zero-order chi connectivity index (χ0) is 27.9. The number of benzene rings is 1. The number of amides is 1. The van der Waals surface area contributed by atoms with E-state index in [1.54, 1.807) is 22.3 Å². The van der Waals surface area contributed by atoms with E-state index in [4.69, 9.17) is 0 Å². The van der Waals surface area contributed by atoms with Crippen LogP contribution in [0.15, 0.2) is 59.3 Å². The van der Waals surface area contributed by atoms with Gasteiger partial charge in [-0.25, -0.2) is 9.97 Å². The molecule has 0 saturated carbocycles. The summed E-state index contributed by atoms with van der Waals surface area (Å²) < 4.78 is 2.35. The Kier molecular flexibility index (Phi) is 11.2. The lowest BCUT2D eigenvalue weighted by atomic mass is 10.1. The number of hydrogen-bond acceptors (Lipinski definition) is 6. The minimum atomic E-state index is 0. The number of likely N-dealkylation sites (N-methyl/N-ethyl adjacent to an activating group) is 1. The molecule has 0 bridgehead atoms. The van der Waals surface area contributed by atoms with E-state index in [1.807, 2.05) is 25.5 Å². The third-order valence-electron chi connectivity index (χ3n) is 7.37. The third-order valence-corrected chi connectivity index (χ3v) is 9.06. The first kappa shape index (κ1) is 31.0. The summed E-state index contributed by atoms with van der Waals surface area (Å²) in [6.45, 7) is 4.80. The molecule has 0 atom stereocenters. The summed E-state index contributed by atoms with van der Waals surface area (Å²) in [4.78, 5) is 24.5. The first-order valence-electron chi connectivity index (χ1n) is 14.0. The van der Waals surface area contributed by atoms with Crippen molar-refractivity contribution in [1.82, 2.24) is 14.9 Å². The maximum atomic E-state index is 12.6. The number of rotatable bonds is 4. The standard InChI is InChI=1S/C23H25N3OS.C9H11BrN2.ClH/c1-16-19-8-3-4-9-20(19)28-21(16)15-26(2)22(27)11-10-17-13-18-7-5-6-12-24-23(18)25-14-17;10-8-5-7-3-1-2-4-11-9(7)12-6-8;/h3-4,8-11,13-14H,5-7,12,15H2,1-2H3,(H,24,25);5-6H,1-4H2,(H,11,12);1H/b11-10+;;. The molecule has 0 aliphatic carbocycles. The lowest BCUT2D eigenvalue weighted by Gasteiger charge is -2.14. The first-order valence-corrected chi connectivity index (χ1v) is 15.6. The van der Waals surface area contributed by atoms with Crippen molar-refractivity contribution in [3.8, 4) is 0 Å². The topological polar surface area (TPSA) is 70.2 Å². The van der Waals surface area contributed by atoms with Crippen LogP contribution in [0.1, 0.15) is 52.8 Å². The maximum Gasteiger partial charge on any atom is 0.246 e. The fourth-order valence-electron chi connectivity index (χ4n) is 5.06. The zero-order valence-corrected chi connectivity index (χ0v) is 26.8. The molecule has 2 aliphatic rings. The minimum Gasteiger partial charge on any atom is -0.370 e. The van der Waals surface area contributed by atoms with Crippen LogP contribution in [0.4, 0.5) is 11.6 Å². The van der Waals surface area contributed by atoms with E-state index in [1.165, 1.54) is 57.3 Å². The molecule has 0 saturated heterocycles. The Bertz CT molecular complexity index is 1520. The minimum absolute atomic E-state index is 0. The highest BCUT2D eigenvalue weighted by atomic mass is 79.9. The van der Waals surface area contributed by atoms with Crippen molar-refractivity contribution in [1.29, 1.82) is 0 Å². The lowest BCUT2D eigenvalue weighted by molar-refractivity contribution is -0.125. The number of halogens is 2. The molecule has 0 spiro atoms. The number of aromatic nitrogens is 2. The second kappa shape index (κ2) is 14.8. The molecule has 0 unspecified atom stereocenters. The van der Waals surface area contributed by atoms with Crippen molar-refractivity contribution in [2.45, 2.75) is 52.0 Å². The molecule has 9 heteroatoms. The zero-order valence-electron chi connectivity index (χ0n) is 23.6. The number of fused-ring (bicyclic) bond motifs is 3. The lowest BCUT2D eigenvalue weighted by Crippen LogP contribution is -2.23. The van der Waals surface area contributed by atoms with E-state index < -0.39 is 0 Å². The molecule has 2 N–H and O–H groups in total. The van der Waals surface area contributed by atoms with Gasteiger partial charge in [-0.05, 0) is 113 Å². The van der Waals surface area contributed by atoms with Crippen LogP contribution in [-0.4, -0.2) is 40.9 Å². The SMILES string of the molecule is Brc1cnc2c(c1)CCCCN2.Cc1c(CN(C)C(=O)/C=C/c2cnc3c(c2)CCCCN3)sc2ccccc12.Cl. The van der Waals surface area contributed by atoms with Crippen LogP contribution in [-0.2, 0) is 24.2 Å². The summed E-state index contributed by atoms with van der Waals surface area (Å²) in [5.41, 5.74) is 4.82. The predicted octanol–water partition coefficient (Wildman–Crippen LogP) is 8.04. The van der Waals surface area contributed by atoms with Crippen molar-refractivity contribution in [3.05, 3.63) is 86.5 Å².